The number of aryl methyl sites for hydroxylation is 1. The molecule has 2 heterocycles. The second-order valence-electron chi connectivity index (χ2n) is 3.44. The van der Waals surface area contributed by atoms with Gasteiger partial charge >= 0.3 is 0 Å². The second-order valence-corrected chi connectivity index (χ2v) is 4.24. The third kappa shape index (κ3) is 2.73. The minimum absolute atomic E-state index is 0.712. The molecule has 2 aromatic rings. The Bertz CT molecular complexity index is 509. The minimum Gasteiger partial charge on any atom is -0.369 e. The van der Waals surface area contributed by atoms with Crippen molar-refractivity contribution in [2.24, 2.45) is 7.05 Å². The number of halogens is 1. The predicted octanol–water partition coefficient (Wildman–Crippen LogP) is 2.15. The maximum absolute atomic E-state index is 4.18. The number of aromatic nitrogens is 4. The van der Waals surface area contributed by atoms with E-state index in [0.29, 0.717) is 5.82 Å². The molecule has 0 saturated heterocycles. The highest BCUT2D eigenvalue weighted by Gasteiger charge is 2.08. The van der Waals surface area contributed by atoms with Gasteiger partial charge in [0.05, 0.1) is 11.9 Å². The van der Waals surface area contributed by atoms with Crippen LogP contribution in [0.1, 0.15) is 6.92 Å². The molecule has 7 heteroatoms. The lowest BCUT2D eigenvalue weighted by Crippen LogP contribution is -2.03. The summed E-state index contributed by atoms with van der Waals surface area (Å²) in [4.78, 5) is 8.33. The van der Waals surface area contributed by atoms with Crippen molar-refractivity contribution in [2.75, 3.05) is 17.2 Å². The summed E-state index contributed by atoms with van der Waals surface area (Å²) in [5, 5.41) is 10.4. The van der Waals surface area contributed by atoms with E-state index in [1.165, 1.54) is 6.33 Å². The highest BCUT2D eigenvalue weighted by Crippen LogP contribution is 2.28. The van der Waals surface area contributed by atoms with Crippen LogP contribution in [0.5, 0.6) is 0 Å². The molecule has 0 saturated carbocycles. The van der Waals surface area contributed by atoms with Gasteiger partial charge in [0, 0.05) is 19.8 Å². The first kappa shape index (κ1) is 11.8. The molecule has 0 aliphatic rings. The molecule has 17 heavy (non-hydrogen) atoms. The van der Waals surface area contributed by atoms with Gasteiger partial charge in [0.1, 0.15) is 22.4 Å². The zero-order chi connectivity index (χ0) is 12.3. The lowest BCUT2D eigenvalue weighted by Gasteiger charge is -2.09. The van der Waals surface area contributed by atoms with Gasteiger partial charge in [-0.05, 0) is 22.9 Å². The molecule has 0 aromatic carbocycles. The summed E-state index contributed by atoms with van der Waals surface area (Å²) in [5.41, 5.74) is 0.884. The predicted molar refractivity (Wildman–Crippen MR) is 70.4 cm³/mol. The van der Waals surface area contributed by atoms with Crippen molar-refractivity contribution in [1.82, 2.24) is 19.7 Å². The van der Waals surface area contributed by atoms with Crippen LogP contribution in [-0.2, 0) is 7.05 Å². The van der Waals surface area contributed by atoms with Gasteiger partial charge in [-0.15, -0.1) is 0 Å². The van der Waals surface area contributed by atoms with Gasteiger partial charge in [-0.1, -0.05) is 0 Å². The van der Waals surface area contributed by atoms with Crippen molar-refractivity contribution in [1.29, 1.82) is 0 Å². The number of hydrogen-bond donors (Lipinski definition) is 2. The van der Waals surface area contributed by atoms with Crippen LogP contribution in [-0.4, -0.2) is 26.3 Å². The normalized spacial score (nSPS) is 10.3. The highest BCUT2D eigenvalue weighted by atomic mass is 79.9. The summed E-state index contributed by atoms with van der Waals surface area (Å²) in [5.74, 6) is 1.48. The first-order valence-electron chi connectivity index (χ1n) is 5.20. The molecule has 0 spiro atoms. The third-order valence-corrected chi connectivity index (χ3v) is 2.85. The quantitative estimate of drug-likeness (QED) is 0.905. The van der Waals surface area contributed by atoms with Gasteiger partial charge in [0.25, 0.3) is 0 Å². The van der Waals surface area contributed by atoms with E-state index < -0.39 is 0 Å². The molecular weight excluding hydrogens is 284 g/mol. The van der Waals surface area contributed by atoms with Gasteiger partial charge < -0.3 is 10.6 Å². The molecule has 0 fully saturated rings. The van der Waals surface area contributed by atoms with Crippen molar-refractivity contribution >= 4 is 33.3 Å². The minimum atomic E-state index is 0.712. The molecule has 2 aromatic heterocycles. The molecule has 0 amide bonds. The van der Waals surface area contributed by atoms with Crippen LogP contribution in [0.25, 0.3) is 0 Å². The van der Waals surface area contributed by atoms with Crippen molar-refractivity contribution < 1.29 is 0 Å². The molecule has 2 rings (SSSR count). The molecule has 0 unspecified atom stereocenters. The van der Waals surface area contributed by atoms with E-state index in [-0.39, 0.29) is 0 Å². The summed E-state index contributed by atoms with van der Waals surface area (Å²) in [6.07, 6.45) is 5.13. The van der Waals surface area contributed by atoms with Crippen LogP contribution in [0.3, 0.4) is 0 Å². The molecule has 2 N–H and O–H groups in total. The number of anilines is 3. The Balaban J connectivity index is 2.23. The average molecular weight is 297 g/mol. The lowest BCUT2D eigenvalue weighted by molar-refractivity contribution is 0.768. The first-order chi connectivity index (χ1) is 8.20. The van der Waals surface area contributed by atoms with Crippen molar-refractivity contribution in [3.05, 3.63) is 23.2 Å². The number of nitrogens with zero attached hydrogens (tertiary/aromatic N) is 4. The number of rotatable bonds is 4. The van der Waals surface area contributed by atoms with Crippen LogP contribution in [0.2, 0.25) is 0 Å². The summed E-state index contributed by atoms with van der Waals surface area (Å²) in [6.45, 7) is 2.82. The van der Waals surface area contributed by atoms with E-state index in [0.717, 1.165) is 22.5 Å². The molecule has 90 valence electrons. The Morgan fingerprint density at radius 2 is 2.12 bits per heavy atom. The summed E-state index contributed by atoms with van der Waals surface area (Å²) in [6, 6.07) is 0. The van der Waals surface area contributed by atoms with E-state index in [1.54, 1.807) is 10.9 Å². The fourth-order valence-corrected chi connectivity index (χ4v) is 1.81. The van der Waals surface area contributed by atoms with Gasteiger partial charge in [-0.3, -0.25) is 4.68 Å². The van der Waals surface area contributed by atoms with Crippen LogP contribution in [0.15, 0.2) is 23.2 Å². The van der Waals surface area contributed by atoms with Gasteiger partial charge in [-0.2, -0.15) is 5.10 Å². The maximum Gasteiger partial charge on any atom is 0.150 e. The van der Waals surface area contributed by atoms with Crippen molar-refractivity contribution in [2.45, 2.75) is 6.92 Å². The number of nitrogens with one attached hydrogen (secondary N) is 2. The Morgan fingerprint density at radius 3 is 2.76 bits per heavy atom. The van der Waals surface area contributed by atoms with E-state index >= 15 is 0 Å². The van der Waals surface area contributed by atoms with Crippen molar-refractivity contribution in [3.8, 4) is 0 Å². The van der Waals surface area contributed by atoms with Crippen LogP contribution in [0.4, 0.5) is 17.3 Å². The van der Waals surface area contributed by atoms with Gasteiger partial charge in [0.2, 0.25) is 0 Å². The van der Waals surface area contributed by atoms with Crippen LogP contribution >= 0.6 is 15.9 Å². The van der Waals surface area contributed by atoms with Crippen LogP contribution < -0.4 is 10.6 Å². The van der Waals surface area contributed by atoms with E-state index in [2.05, 4.69) is 41.6 Å². The Morgan fingerprint density at radius 1 is 1.35 bits per heavy atom. The van der Waals surface area contributed by atoms with Gasteiger partial charge in [-0.25, -0.2) is 9.97 Å². The zero-order valence-electron chi connectivity index (χ0n) is 9.61. The Labute approximate surface area is 108 Å². The fraction of sp³-hybridized carbons (Fsp3) is 0.300. The van der Waals surface area contributed by atoms with E-state index in [4.69, 9.17) is 0 Å². The number of hydrogen-bond acceptors (Lipinski definition) is 5. The van der Waals surface area contributed by atoms with Gasteiger partial charge in [0.15, 0.2) is 0 Å². The molecule has 6 nitrogen and oxygen atoms in total. The summed E-state index contributed by atoms with van der Waals surface area (Å²) in [7, 11) is 1.87. The first-order valence-corrected chi connectivity index (χ1v) is 6.00. The topological polar surface area (TPSA) is 67.7 Å². The standard InChI is InChI=1S/C10H13BrN6/c1-3-12-9-8(11)10(14-6-13-9)16-7-4-15-17(2)5-7/h4-6H,3H2,1-2H3,(H2,12,13,14,16). The largest absolute Gasteiger partial charge is 0.369 e. The third-order valence-electron chi connectivity index (χ3n) is 2.10. The Kier molecular flexibility index (Phi) is 3.58. The second kappa shape index (κ2) is 5.13. The fourth-order valence-electron chi connectivity index (χ4n) is 1.37. The SMILES string of the molecule is CCNc1ncnc(Nc2cnn(C)c2)c1Br. The Hall–Kier alpha value is -1.63. The molecule has 0 aliphatic carbocycles. The zero-order valence-corrected chi connectivity index (χ0v) is 11.2. The molecule has 0 aliphatic heterocycles. The smallest absolute Gasteiger partial charge is 0.150 e. The van der Waals surface area contributed by atoms with E-state index in [1.807, 2.05) is 20.2 Å². The lowest BCUT2D eigenvalue weighted by atomic mass is 10.4. The van der Waals surface area contributed by atoms with E-state index in [9.17, 15) is 0 Å². The maximum atomic E-state index is 4.18. The molecule has 0 bridgehead atoms. The average Bonchev–Trinajstić information content (AvgIpc) is 2.70. The summed E-state index contributed by atoms with van der Waals surface area (Å²) < 4.78 is 2.54. The molecular formula is C10H13BrN6. The van der Waals surface area contributed by atoms with Crippen molar-refractivity contribution in [3.63, 3.8) is 0 Å². The molecule has 0 radical (unpaired) electrons. The summed E-state index contributed by atoms with van der Waals surface area (Å²) >= 11 is 3.47. The molecule has 0 atom stereocenters. The highest BCUT2D eigenvalue weighted by molar-refractivity contribution is 9.10. The van der Waals surface area contributed by atoms with Crippen LogP contribution in [0, 0.1) is 0 Å². The monoisotopic (exact) mass is 296 g/mol.